The Hall–Kier alpha value is -1.93. The highest BCUT2D eigenvalue weighted by Crippen LogP contribution is 2.15. The van der Waals surface area contributed by atoms with Crippen molar-refractivity contribution in [3.63, 3.8) is 0 Å². The summed E-state index contributed by atoms with van der Waals surface area (Å²) < 4.78 is 0. The van der Waals surface area contributed by atoms with E-state index in [4.69, 9.17) is 0 Å². The Labute approximate surface area is 169 Å². The number of nitrogens with one attached hydrogen (secondary N) is 3. The monoisotopic (exact) mass is 408 g/mol. The lowest BCUT2D eigenvalue weighted by atomic mass is 10.2. The molecule has 0 spiro atoms. The predicted molar refractivity (Wildman–Crippen MR) is 112 cm³/mol. The second-order valence-corrected chi connectivity index (χ2v) is 7.16. The molecule has 0 aliphatic carbocycles. The molecule has 146 valence electrons. The zero-order valence-electron chi connectivity index (χ0n) is 15.1. The van der Waals surface area contributed by atoms with Crippen LogP contribution in [0, 0.1) is 0 Å². The standard InChI is InChI=1S/C19H24N4O2S.ClH/c24-18(21-7-3-10-23-11-8-20-9-12-23)15-4-1-5-16(14-15)22-19(25)17-6-2-13-26-17;/h1-2,4-6,13-14,20H,3,7-12H2,(H,21,24)(H,22,25);1H. The van der Waals surface area contributed by atoms with Crippen LogP contribution in [-0.4, -0.2) is 56.0 Å². The Morgan fingerprint density at radius 1 is 1.11 bits per heavy atom. The molecular weight excluding hydrogens is 384 g/mol. The van der Waals surface area contributed by atoms with Crippen molar-refractivity contribution in [1.29, 1.82) is 0 Å². The zero-order valence-corrected chi connectivity index (χ0v) is 16.7. The van der Waals surface area contributed by atoms with Gasteiger partial charge in [-0.3, -0.25) is 9.59 Å². The highest BCUT2D eigenvalue weighted by molar-refractivity contribution is 7.12. The molecule has 6 nitrogen and oxygen atoms in total. The summed E-state index contributed by atoms with van der Waals surface area (Å²) >= 11 is 1.39. The van der Waals surface area contributed by atoms with Gasteiger partial charge in [0.25, 0.3) is 11.8 Å². The van der Waals surface area contributed by atoms with Crippen LogP contribution >= 0.6 is 23.7 Å². The molecule has 1 aromatic carbocycles. The van der Waals surface area contributed by atoms with E-state index in [0.29, 0.717) is 22.7 Å². The molecular formula is C19H25ClN4O2S. The minimum absolute atomic E-state index is 0. The van der Waals surface area contributed by atoms with Gasteiger partial charge in [0.2, 0.25) is 0 Å². The molecule has 2 heterocycles. The quantitative estimate of drug-likeness (QED) is 0.615. The Bertz CT molecular complexity index is 733. The van der Waals surface area contributed by atoms with Crippen molar-refractivity contribution in [3.8, 4) is 0 Å². The molecule has 1 aliphatic rings. The molecule has 8 heteroatoms. The van der Waals surface area contributed by atoms with Gasteiger partial charge in [-0.1, -0.05) is 12.1 Å². The van der Waals surface area contributed by atoms with Gasteiger partial charge in [-0.05, 0) is 42.6 Å². The number of carbonyl (C=O) groups is 2. The first-order chi connectivity index (χ1) is 12.7. The fraction of sp³-hybridized carbons (Fsp3) is 0.368. The van der Waals surface area contributed by atoms with Crippen LogP contribution in [0.4, 0.5) is 5.69 Å². The number of amides is 2. The number of hydrogen-bond acceptors (Lipinski definition) is 5. The molecule has 1 aromatic heterocycles. The summed E-state index contributed by atoms with van der Waals surface area (Å²) in [5.74, 6) is -0.272. The van der Waals surface area contributed by atoms with E-state index in [1.165, 1.54) is 11.3 Å². The second kappa shape index (κ2) is 11.0. The first-order valence-electron chi connectivity index (χ1n) is 8.88. The second-order valence-electron chi connectivity index (χ2n) is 6.21. The summed E-state index contributed by atoms with van der Waals surface area (Å²) in [6.45, 7) is 5.86. The number of nitrogens with zero attached hydrogens (tertiary/aromatic N) is 1. The van der Waals surface area contributed by atoms with Gasteiger partial charge in [-0.2, -0.15) is 0 Å². The molecule has 1 fully saturated rings. The maximum absolute atomic E-state index is 12.3. The van der Waals surface area contributed by atoms with Crippen LogP contribution in [0.5, 0.6) is 0 Å². The van der Waals surface area contributed by atoms with Gasteiger partial charge in [0.1, 0.15) is 0 Å². The third-order valence-corrected chi connectivity index (χ3v) is 5.14. The first-order valence-corrected chi connectivity index (χ1v) is 9.76. The van der Waals surface area contributed by atoms with Crippen LogP contribution in [-0.2, 0) is 0 Å². The van der Waals surface area contributed by atoms with Crippen LogP contribution in [0.15, 0.2) is 41.8 Å². The van der Waals surface area contributed by atoms with Gasteiger partial charge in [0.15, 0.2) is 0 Å². The summed E-state index contributed by atoms with van der Waals surface area (Å²) in [6.07, 6.45) is 0.931. The number of halogens is 1. The molecule has 0 radical (unpaired) electrons. The van der Waals surface area contributed by atoms with Crippen molar-refractivity contribution < 1.29 is 9.59 Å². The van der Waals surface area contributed by atoms with Gasteiger partial charge < -0.3 is 20.9 Å². The number of thiophene rings is 1. The number of hydrogen-bond donors (Lipinski definition) is 3. The van der Waals surface area contributed by atoms with Gasteiger partial charge in [0.05, 0.1) is 4.88 Å². The molecule has 0 bridgehead atoms. The number of benzene rings is 1. The molecule has 1 aliphatic heterocycles. The van der Waals surface area contributed by atoms with Gasteiger partial charge in [-0.25, -0.2) is 0 Å². The summed E-state index contributed by atoms with van der Waals surface area (Å²) in [4.78, 5) is 27.5. The molecule has 3 rings (SSSR count). The molecule has 2 aromatic rings. The highest BCUT2D eigenvalue weighted by atomic mass is 35.5. The summed E-state index contributed by atoms with van der Waals surface area (Å²) in [7, 11) is 0. The first kappa shape index (κ1) is 21.4. The Kier molecular flexibility index (Phi) is 8.74. The van der Waals surface area contributed by atoms with Crippen molar-refractivity contribution in [2.75, 3.05) is 44.6 Å². The van der Waals surface area contributed by atoms with Crippen molar-refractivity contribution >= 4 is 41.2 Å². The lowest BCUT2D eigenvalue weighted by molar-refractivity contribution is 0.0950. The lowest BCUT2D eigenvalue weighted by Gasteiger charge is -2.27. The van der Waals surface area contributed by atoms with Crippen LogP contribution in [0.3, 0.4) is 0 Å². The van der Waals surface area contributed by atoms with Gasteiger partial charge in [0, 0.05) is 44.0 Å². The topological polar surface area (TPSA) is 73.5 Å². The smallest absolute Gasteiger partial charge is 0.265 e. The van der Waals surface area contributed by atoms with Crippen LogP contribution in [0.2, 0.25) is 0 Å². The fourth-order valence-corrected chi connectivity index (χ4v) is 3.50. The van der Waals surface area contributed by atoms with E-state index in [2.05, 4.69) is 20.9 Å². The van der Waals surface area contributed by atoms with E-state index >= 15 is 0 Å². The van der Waals surface area contributed by atoms with E-state index < -0.39 is 0 Å². The number of piperazine rings is 1. The van der Waals surface area contributed by atoms with Gasteiger partial charge in [-0.15, -0.1) is 23.7 Å². The van der Waals surface area contributed by atoms with Gasteiger partial charge >= 0.3 is 0 Å². The third-order valence-electron chi connectivity index (χ3n) is 4.27. The van der Waals surface area contributed by atoms with E-state index in [1.807, 2.05) is 11.4 Å². The fourth-order valence-electron chi connectivity index (χ4n) is 2.88. The summed E-state index contributed by atoms with van der Waals surface area (Å²) in [5, 5.41) is 11.0. The average molecular weight is 409 g/mol. The Balaban J connectivity index is 0.00000261. The third kappa shape index (κ3) is 6.62. The minimum Gasteiger partial charge on any atom is -0.352 e. The molecule has 27 heavy (non-hydrogen) atoms. The largest absolute Gasteiger partial charge is 0.352 e. The zero-order chi connectivity index (χ0) is 18.2. The van der Waals surface area contributed by atoms with Crippen molar-refractivity contribution in [1.82, 2.24) is 15.5 Å². The Morgan fingerprint density at radius 3 is 2.67 bits per heavy atom. The lowest BCUT2D eigenvalue weighted by Crippen LogP contribution is -2.44. The van der Waals surface area contributed by atoms with Crippen LogP contribution in [0.1, 0.15) is 26.5 Å². The molecule has 1 saturated heterocycles. The summed E-state index contributed by atoms with van der Waals surface area (Å²) in [6, 6.07) is 10.6. The van der Waals surface area contributed by atoms with E-state index in [1.54, 1.807) is 30.3 Å². The molecule has 0 unspecified atom stereocenters. The number of anilines is 1. The van der Waals surface area contributed by atoms with Crippen molar-refractivity contribution in [3.05, 3.63) is 52.2 Å². The maximum Gasteiger partial charge on any atom is 0.265 e. The van der Waals surface area contributed by atoms with E-state index in [9.17, 15) is 9.59 Å². The van der Waals surface area contributed by atoms with E-state index in [-0.39, 0.29) is 24.2 Å². The SMILES string of the molecule is Cl.O=C(NCCCN1CCNCC1)c1cccc(NC(=O)c2cccs2)c1. The summed E-state index contributed by atoms with van der Waals surface area (Å²) in [5.41, 5.74) is 1.17. The number of carbonyl (C=O) groups excluding carboxylic acids is 2. The molecule has 3 N–H and O–H groups in total. The van der Waals surface area contributed by atoms with E-state index in [0.717, 1.165) is 39.1 Å². The highest BCUT2D eigenvalue weighted by Gasteiger charge is 2.11. The minimum atomic E-state index is -0.159. The molecule has 0 saturated carbocycles. The van der Waals surface area contributed by atoms with Crippen LogP contribution in [0.25, 0.3) is 0 Å². The Morgan fingerprint density at radius 2 is 1.93 bits per heavy atom. The molecule has 0 atom stereocenters. The van der Waals surface area contributed by atoms with Crippen molar-refractivity contribution in [2.24, 2.45) is 0 Å². The number of rotatable bonds is 7. The van der Waals surface area contributed by atoms with Crippen LogP contribution < -0.4 is 16.0 Å². The molecule has 2 amide bonds. The maximum atomic E-state index is 12.3. The average Bonchev–Trinajstić information content (AvgIpc) is 3.21. The predicted octanol–water partition coefficient (Wildman–Crippen LogP) is 2.45. The van der Waals surface area contributed by atoms with Crippen molar-refractivity contribution in [2.45, 2.75) is 6.42 Å². The normalized spacial score (nSPS) is 14.2.